The van der Waals surface area contributed by atoms with Crippen LogP contribution in [-0.4, -0.2) is 29.3 Å². The van der Waals surface area contributed by atoms with E-state index in [2.05, 4.69) is 18.3 Å². The number of fused-ring (bicyclic) bond motifs is 1. The van der Waals surface area contributed by atoms with Crippen molar-refractivity contribution in [2.24, 2.45) is 28.6 Å². The Morgan fingerprint density at radius 2 is 1.92 bits per heavy atom. The summed E-state index contributed by atoms with van der Waals surface area (Å²) in [5.41, 5.74) is -0.00651. The summed E-state index contributed by atoms with van der Waals surface area (Å²) < 4.78 is 5.37. The number of carbonyl (C=O) groups is 2. The Bertz CT molecular complexity index is 596. The predicted molar refractivity (Wildman–Crippen MR) is 102 cm³/mol. The summed E-state index contributed by atoms with van der Waals surface area (Å²) in [5, 5.41) is 12.9. The van der Waals surface area contributed by atoms with Crippen LogP contribution in [0.4, 0.5) is 4.79 Å². The molecule has 0 saturated heterocycles. The quantitative estimate of drug-likeness (QED) is 0.697. The van der Waals surface area contributed by atoms with E-state index in [4.69, 9.17) is 4.74 Å². The van der Waals surface area contributed by atoms with E-state index in [1.807, 2.05) is 41.5 Å². The third-order valence-electron chi connectivity index (χ3n) is 5.86. The number of alkyl carbamates (subject to hydrolysis) is 1. The highest BCUT2D eigenvalue weighted by Crippen LogP contribution is 2.64. The molecule has 0 heterocycles. The molecule has 0 aromatic heterocycles. The van der Waals surface area contributed by atoms with Gasteiger partial charge < -0.3 is 15.2 Å². The van der Waals surface area contributed by atoms with Crippen molar-refractivity contribution in [1.82, 2.24) is 5.32 Å². The lowest BCUT2D eigenvalue weighted by Crippen LogP contribution is -2.61. The van der Waals surface area contributed by atoms with Crippen molar-refractivity contribution in [2.75, 3.05) is 6.54 Å². The van der Waals surface area contributed by atoms with Crippen molar-refractivity contribution in [1.29, 1.82) is 0 Å². The first-order valence-corrected chi connectivity index (χ1v) is 9.69. The van der Waals surface area contributed by atoms with Crippen LogP contribution in [0, 0.1) is 28.6 Å². The molecular formula is C21H35NO4. The second-order valence-electron chi connectivity index (χ2n) is 10.1. The van der Waals surface area contributed by atoms with E-state index in [-0.39, 0.29) is 5.92 Å². The zero-order valence-corrected chi connectivity index (χ0v) is 17.3. The van der Waals surface area contributed by atoms with Crippen LogP contribution < -0.4 is 5.32 Å². The molecule has 1 amide bonds. The minimum atomic E-state index is -0.778. The molecule has 1 saturated carbocycles. The van der Waals surface area contributed by atoms with E-state index in [0.717, 1.165) is 19.3 Å². The van der Waals surface area contributed by atoms with Crippen molar-refractivity contribution in [3.8, 4) is 0 Å². The molecule has 5 heteroatoms. The largest absolute Gasteiger partial charge is 0.481 e. The molecule has 4 atom stereocenters. The van der Waals surface area contributed by atoms with Gasteiger partial charge in [-0.05, 0) is 57.3 Å². The summed E-state index contributed by atoms with van der Waals surface area (Å²) in [4.78, 5) is 24.4. The maximum Gasteiger partial charge on any atom is 0.407 e. The second kappa shape index (κ2) is 6.90. The van der Waals surface area contributed by atoms with Gasteiger partial charge in [-0.1, -0.05) is 39.3 Å². The predicted octanol–water partition coefficient (Wildman–Crippen LogP) is 4.62. The van der Waals surface area contributed by atoms with E-state index in [9.17, 15) is 14.7 Å². The Kier molecular flexibility index (Phi) is 5.51. The molecular weight excluding hydrogens is 330 g/mol. The monoisotopic (exact) mass is 365 g/mol. The van der Waals surface area contributed by atoms with Gasteiger partial charge in [0.05, 0.1) is 5.92 Å². The summed E-state index contributed by atoms with van der Waals surface area (Å²) in [6.45, 7) is 13.9. The lowest BCUT2D eigenvalue weighted by atomic mass is 9.46. The molecule has 0 spiro atoms. The zero-order valence-electron chi connectivity index (χ0n) is 17.3. The summed E-state index contributed by atoms with van der Waals surface area (Å²) in [7, 11) is 0. The number of allylic oxidation sites excluding steroid dienone is 2. The fraction of sp³-hybridized carbons (Fsp3) is 0.810. The topological polar surface area (TPSA) is 75.6 Å². The number of hydrogen-bond acceptors (Lipinski definition) is 3. The molecule has 0 bridgehead atoms. The molecule has 148 valence electrons. The van der Waals surface area contributed by atoms with Gasteiger partial charge in [-0.25, -0.2) is 4.79 Å². The van der Waals surface area contributed by atoms with Crippen molar-refractivity contribution in [3.63, 3.8) is 0 Å². The van der Waals surface area contributed by atoms with Crippen LogP contribution in [0.1, 0.15) is 67.7 Å². The van der Waals surface area contributed by atoms with E-state index in [0.29, 0.717) is 12.5 Å². The van der Waals surface area contributed by atoms with Crippen LogP contribution in [0.15, 0.2) is 11.6 Å². The number of rotatable bonds is 5. The average molecular weight is 366 g/mol. The molecule has 0 aliphatic heterocycles. The Morgan fingerprint density at radius 3 is 2.38 bits per heavy atom. The number of aliphatic carboxylic acids is 1. The highest BCUT2D eigenvalue weighted by atomic mass is 16.6. The van der Waals surface area contributed by atoms with Crippen LogP contribution in [-0.2, 0) is 9.53 Å². The van der Waals surface area contributed by atoms with Gasteiger partial charge in [0.2, 0.25) is 0 Å². The molecule has 0 radical (unpaired) electrons. The van der Waals surface area contributed by atoms with E-state index >= 15 is 0 Å². The highest BCUT2D eigenvalue weighted by Gasteiger charge is 2.62. The van der Waals surface area contributed by atoms with Crippen molar-refractivity contribution in [3.05, 3.63) is 11.6 Å². The molecule has 5 nitrogen and oxygen atoms in total. The van der Waals surface area contributed by atoms with Crippen LogP contribution in [0.3, 0.4) is 0 Å². The smallest absolute Gasteiger partial charge is 0.407 e. The Labute approximate surface area is 157 Å². The van der Waals surface area contributed by atoms with Gasteiger partial charge in [-0.15, -0.1) is 0 Å². The van der Waals surface area contributed by atoms with Gasteiger partial charge in [0.15, 0.2) is 0 Å². The Balaban J connectivity index is 2.28. The van der Waals surface area contributed by atoms with Gasteiger partial charge in [-0.3, -0.25) is 4.79 Å². The SMILES string of the molecule is CCC1=C[C@@H]2[C@H](C1)C[C@]2(CNC(=O)OC(C)(C)C)C(C(=O)O)C(C)(C)C. The van der Waals surface area contributed by atoms with E-state index in [1.54, 1.807) is 0 Å². The standard InChI is InChI=1S/C21H35NO4/c1-8-13-9-14-11-21(15(14)10-13,16(17(23)24)19(2,3)4)12-22-18(25)26-20(5,6)7/h10,14-16H,8-9,11-12H2,1-7H3,(H,22,25)(H,23,24)/t14-,15-,16?,21-/m1/s1. The first kappa shape index (κ1) is 20.8. The summed E-state index contributed by atoms with van der Waals surface area (Å²) in [5.74, 6) is -0.582. The molecule has 0 aromatic carbocycles. The van der Waals surface area contributed by atoms with Crippen molar-refractivity contribution >= 4 is 12.1 Å². The minimum absolute atomic E-state index is 0.215. The van der Waals surface area contributed by atoms with Crippen LogP contribution in [0.2, 0.25) is 0 Å². The number of carboxylic acid groups (broad SMARTS) is 1. The lowest BCUT2D eigenvalue weighted by molar-refractivity contribution is -0.167. The molecule has 0 aromatic rings. The normalized spacial score (nSPS) is 29.3. The number of carbonyl (C=O) groups excluding carboxylic acids is 1. The van der Waals surface area contributed by atoms with E-state index < -0.39 is 34.4 Å². The number of nitrogens with one attached hydrogen (secondary N) is 1. The van der Waals surface area contributed by atoms with Crippen LogP contribution >= 0.6 is 0 Å². The summed E-state index contributed by atoms with van der Waals surface area (Å²) >= 11 is 0. The first-order chi connectivity index (χ1) is 11.8. The van der Waals surface area contributed by atoms with Gasteiger partial charge >= 0.3 is 12.1 Å². The van der Waals surface area contributed by atoms with Crippen molar-refractivity contribution < 1.29 is 19.4 Å². The molecule has 1 fully saturated rings. The van der Waals surface area contributed by atoms with Gasteiger partial charge in [0, 0.05) is 12.0 Å². The molecule has 26 heavy (non-hydrogen) atoms. The maximum absolute atomic E-state index is 12.2. The molecule has 1 unspecified atom stereocenters. The van der Waals surface area contributed by atoms with Crippen LogP contribution in [0.25, 0.3) is 0 Å². The summed E-state index contributed by atoms with van der Waals surface area (Å²) in [6.07, 6.45) is 4.71. The molecule has 2 rings (SSSR count). The molecule has 2 aliphatic rings. The molecule has 2 aliphatic carbocycles. The van der Waals surface area contributed by atoms with Gasteiger partial charge in [0.1, 0.15) is 5.60 Å². The summed E-state index contributed by atoms with van der Waals surface area (Å²) in [6, 6.07) is 0. The minimum Gasteiger partial charge on any atom is -0.481 e. The van der Waals surface area contributed by atoms with Gasteiger partial charge in [-0.2, -0.15) is 0 Å². The second-order valence-corrected chi connectivity index (χ2v) is 10.1. The first-order valence-electron chi connectivity index (χ1n) is 9.69. The average Bonchev–Trinajstić information content (AvgIpc) is 2.77. The number of amides is 1. The van der Waals surface area contributed by atoms with E-state index in [1.165, 1.54) is 5.57 Å². The number of hydrogen-bond donors (Lipinski definition) is 2. The fourth-order valence-electron chi connectivity index (χ4n) is 5.11. The van der Waals surface area contributed by atoms with Gasteiger partial charge in [0.25, 0.3) is 0 Å². The Morgan fingerprint density at radius 1 is 1.31 bits per heavy atom. The third kappa shape index (κ3) is 4.07. The Hall–Kier alpha value is -1.52. The number of carboxylic acids is 1. The lowest BCUT2D eigenvalue weighted by Gasteiger charge is -2.58. The third-order valence-corrected chi connectivity index (χ3v) is 5.86. The fourth-order valence-corrected chi connectivity index (χ4v) is 5.11. The van der Waals surface area contributed by atoms with Crippen LogP contribution in [0.5, 0.6) is 0 Å². The highest BCUT2D eigenvalue weighted by molar-refractivity contribution is 5.73. The van der Waals surface area contributed by atoms with Crippen molar-refractivity contribution in [2.45, 2.75) is 73.3 Å². The zero-order chi connectivity index (χ0) is 19.9. The maximum atomic E-state index is 12.2. The molecule has 2 N–H and O–H groups in total. The number of ether oxygens (including phenoxy) is 1.